The second-order valence-electron chi connectivity index (χ2n) is 8.52. The van der Waals surface area contributed by atoms with Gasteiger partial charge in [-0.2, -0.15) is 0 Å². The predicted molar refractivity (Wildman–Crippen MR) is 121 cm³/mol. The van der Waals surface area contributed by atoms with Gasteiger partial charge in [-0.3, -0.25) is 4.98 Å². The first-order valence-electron chi connectivity index (χ1n) is 9.70. The van der Waals surface area contributed by atoms with Gasteiger partial charge in [-0.05, 0) is 64.2 Å². The molecule has 0 bridgehead atoms. The zero-order valence-electron chi connectivity index (χ0n) is 16.4. The Hall–Kier alpha value is -3.11. The monoisotopic (exact) mass is 397 g/mol. The largest absolute Gasteiger partial charge is 0.464 e. The summed E-state index contributed by atoms with van der Waals surface area (Å²) >= 11 is 1.80. The lowest BCUT2D eigenvalue weighted by Gasteiger charge is -2.21. The molecular weight excluding hydrogens is 378 g/mol. The molecule has 4 heteroatoms. The zero-order valence-corrected chi connectivity index (χ0v) is 17.3. The van der Waals surface area contributed by atoms with E-state index in [-0.39, 0.29) is 5.41 Å². The van der Waals surface area contributed by atoms with Crippen molar-refractivity contribution in [2.24, 2.45) is 0 Å². The van der Waals surface area contributed by atoms with E-state index in [1.165, 1.54) is 15.6 Å². The van der Waals surface area contributed by atoms with E-state index < -0.39 is 0 Å². The minimum absolute atomic E-state index is 0.0449. The third-order valence-electron chi connectivity index (χ3n) is 5.61. The highest BCUT2D eigenvalue weighted by Crippen LogP contribution is 2.42. The summed E-state index contributed by atoms with van der Waals surface area (Å²) in [4.78, 5) is 4.82. The van der Waals surface area contributed by atoms with Crippen LogP contribution in [-0.2, 0) is 5.41 Å². The Balaban J connectivity index is 1.76. The fraction of sp³-hybridized carbons (Fsp3) is 0.160. The maximum atomic E-state index is 6.18. The van der Waals surface area contributed by atoms with Gasteiger partial charge in [0.15, 0.2) is 0 Å². The maximum absolute atomic E-state index is 6.18. The third kappa shape index (κ3) is 2.39. The smallest absolute Gasteiger partial charge is 0.139 e. The molecule has 6 aromatic rings. The lowest BCUT2D eigenvalue weighted by Crippen LogP contribution is -2.11. The highest BCUT2D eigenvalue weighted by Gasteiger charge is 2.22. The summed E-state index contributed by atoms with van der Waals surface area (Å²) in [6.45, 7) is 6.80. The average Bonchev–Trinajstić information content (AvgIpc) is 3.41. The average molecular weight is 397 g/mol. The second kappa shape index (κ2) is 5.71. The molecule has 4 heterocycles. The van der Waals surface area contributed by atoms with Crippen molar-refractivity contribution in [2.75, 3.05) is 0 Å². The van der Waals surface area contributed by atoms with E-state index in [0.29, 0.717) is 0 Å². The molecule has 2 aromatic carbocycles. The lowest BCUT2D eigenvalue weighted by atomic mass is 9.84. The van der Waals surface area contributed by atoms with Crippen LogP contribution in [0.25, 0.3) is 54.3 Å². The van der Waals surface area contributed by atoms with E-state index in [1.807, 2.05) is 30.5 Å². The van der Waals surface area contributed by atoms with Gasteiger partial charge in [0.25, 0.3) is 0 Å². The first-order chi connectivity index (χ1) is 14.0. The van der Waals surface area contributed by atoms with Crippen molar-refractivity contribution in [1.29, 1.82) is 0 Å². The van der Waals surface area contributed by atoms with E-state index in [0.717, 1.165) is 44.2 Å². The van der Waals surface area contributed by atoms with Crippen LogP contribution in [0.2, 0.25) is 0 Å². The van der Waals surface area contributed by atoms with Crippen LogP contribution >= 0.6 is 11.3 Å². The van der Waals surface area contributed by atoms with E-state index in [4.69, 9.17) is 13.8 Å². The Morgan fingerprint density at radius 1 is 0.897 bits per heavy atom. The first kappa shape index (κ1) is 16.8. The van der Waals surface area contributed by atoms with Crippen molar-refractivity contribution in [3.63, 3.8) is 0 Å². The summed E-state index contributed by atoms with van der Waals surface area (Å²) in [6, 6.07) is 14.6. The Morgan fingerprint density at radius 3 is 2.59 bits per heavy atom. The molecule has 0 N–H and O–H groups in total. The standard InChI is InChI=1S/C25H19NO2S/c1-25(2,3)17-13-15(12-14-8-11-29-24(14)17)23-22-20(6-9-26-23)28-19-5-4-18-16(21(19)22)7-10-27-18/h4-13H,1-3H3. The SMILES string of the molecule is CC(C)(C)c1cc(-c2nccc3oc4ccc5occc5c4c23)cc2ccsc12. The van der Waals surface area contributed by atoms with Gasteiger partial charge in [0.2, 0.25) is 0 Å². The molecule has 0 aliphatic rings. The van der Waals surface area contributed by atoms with Crippen molar-refractivity contribution >= 4 is 54.3 Å². The summed E-state index contributed by atoms with van der Waals surface area (Å²) in [5.41, 5.74) is 6.03. The number of fused-ring (bicyclic) bond motifs is 6. The molecule has 0 amide bonds. The number of pyridine rings is 1. The fourth-order valence-corrected chi connectivity index (χ4v) is 5.36. The molecule has 0 fully saturated rings. The van der Waals surface area contributed by atoms with E-state index >= 15 is 0 Å². The van der Waals surface area contributed by atoms with E-state index in [2.05, 4.69) is 44.4 Å². The van der Waals surface area contributed by atoms with Gasteiger partial charge in [0.1, 0.15) is 16.7 Å². The number of hydrogen-bond donors (Lipinski definition) is 0. The van der Waals surface area contributed by atoms with Crippen molar-refractivity contribution in [3.8, 4) is 11.3 Å². The van der Waals surface area contributed by atoms with Crippen LogP contribution in [0.4, 0.5) is 0 Å². The molecule has 6 rings (SSSR count). The molecule has 0 saturated heterocycles. The number of aromatic nitrogens is 1. The van der Waals surface area contributed by atoms with Crippen LogP contribution < -0.4 is 0 Å². The summed E-state index contributed by atoms with van der Waals surface area (Å²) < 4.78 is 13.2. The van der Waals surface area contributed by atoms with Gasteiger partial charge in [-0.15, -0.1) is 11.3 Å². The van der Waals surface area contributed by atoms with Crippen LogP contribution in [0.1, 0.15) is 26.3 Å². The molecule has 0 radical (unpaired) electrons. The highest BCUT2D eigenvalue weighted by molar-refractivity contribution is 7.17. The maximum Gasteiger partial charge on any atom is 0.139 e. The molecular formula is C25H19NO2S. The predicted octanol–water partition coefficient (Wildman–Crippen LogP) is 7.91. The Kier molecular flexibility index (Phi) is 3.31. The number of nitrogens with zero attached hydrogens (tertiary/aromatic N) is 1. The molecule has 3 nitrogen and oxygen atoms in total. The number of hydrogen-bond acceptors (Lipinski definition) is 4. The van der Waals surface area contributed by atoms with Gasteiger partial charge in [-0.25, -0.2) is 0 Å². The van der Waals surface area contributed by atoms with Gasteiger partial charge in [0, 0.05) is 27.2 Å². The molecule has 0 unspecified atom stereocenters. The minimum atomic E-state index is 0.0449. The quantitative estimate of drug-likeness (QED) is 0.283. The van der Waals surface area contributed by atoms with Crippen molar-refractivity contribution in [2.45, 2.75) is 26.2 Å². The van der Waals surface area contributed by atoms with Crippen molar-refractivity contribution < 1.29 is 8.83 Å². The Morgan fingerprint density at radius 2 is 1.72 bits per heavy atom. The summed E-state index contributed by atoms with van der Waals surface area (Å²) in [5.74, 6) is 0. The van der Waals surface area contributed by atoms with Crippen molar-refractivity contribution in [3.05, 3.63) is 65.9 Å². The summed E-state index contributed by atoms with van der Waals surface area (Å²) in [5, 5.41) is 6.60. The number of benzene rings is 2. The van der Waals surface area contributed by atoms with Crippen LogP contribution in [-0.4, -0.2) is 4.98 Å². The molecule has 0 atom stereocenters. The van der Waals surface area contributed by atoms with Crippen LogP contribution in [0.3, 0.4) is 0 Å². The molecule has 0 spiro atoms. The van der Waals surface area contributed by atoms with Gasteiger partial charge in [0.05, 0.1) is 17.3 Å². The lowest BCUT2D eigenvalue weighted by molar-refractivity contribution is 0.597. The topological polar surface area (TPSA) is 39.2 Å². The van der Waals surface area contributed by atoms with E-state index in [9.17, 15) is 0 Å². The molecule has 4 aromatic heterocycles. The molecule has 0 saturated carbocycles. The number of rotatable bonds is 1. The van der Waals surface area contributed by atoms with Gasteiger partial charge >= 0.3 is 0 Å². The van der Waals surface area contributed by atoms with Gasteiger partial charge < -0.3 is 8.83 Å². The zero-order chi connectivity index (χ0) is 19.8. The molecule has 0 aliphatic carbocycles. The third-order valence-corrected chi connectivity index (χ3v) is 6.58. The van der Waals surface area contributed by atoms with Crippen LogP contribution in [0.5, 0.6) is 0 Å². The normalized spacial score (nSPS) is 12.7. The molecule has 0 aliphatic heterocycles. The number of thiophene rings is 1. The fourth-order valence-electron chi connectivity index (χ4n) is 4.25. The summed E-state index contributed by atoms with van der Waals surface area (Å²) in [7, 11) is 0. The van der Waals surface area contributed by atoms with Crippen LogP contribution in [0, 0.1) is 0 Å². The van der Waals surface area contributed by atoms with Crippen LogP contribution in [0.15, 0.2) is 69.1 Å². The van der Waals surface area contributed by atoms with E-state index in [1.54, 1.807) is 17.6 Å². The Bertz CT molecular complexity index is 1540. The Labute approximate surface area is 171 Å². The first-order valence-corrected chi connectivity index (χ1v) is 10.6. The summed E-state index contributed by atoms with van der Waals surface area (Å²) in [6.07, 6.45) is 3.56. The number of furan rings is 2. The second-order valence-corrected chi connectivity index (χ2v) is 9.43. The minimum Gasteiger partial charge on any atom is -0.464 e. The highest BCUT2D eigenvalue weighted by atomic mass is 32.1. The molecule has 142 valence electrons. The van der Waals surface area contributed by atoms with Gasteiger partial charge in [-0.1, -0.05) is 20.8 Å². The van der Waals surface area contributed by atoms with Crippen molar-refractivity contribution in [1.82, 2.24) is 4.98 Å². The molecule has 29 heavy (non-hydrogen) atoms.